The first-order valence-corrected chi connectivity index (χ1v) is 10.7. The van der Waals surface area contributed by atoms with Gasteiger partial charge < -0.3 is 9.80 Å². The fraction of sp³-hybridized carbons (Fsp3) is 0.421. The van der Waals surface area contributed by atoms with E-state index in [0.29, 0.717) is 6.42 Å². The largest absolute Gasteiger partial charge is 0.346 e. The summed E-state index contributed by atoms with van der Waals surface area (Å²) in [6.45, 7) is 5.46. The summed E-state index contributed by atoms with van der Waals surface area (Å²) in [5.41, 5.74) is 2.10. The lowest BCUT2D eigenvalue weighted by atomic mass is 10.2. The Balaban J connectivity index is 1.33. The number of fused-ring (bicyclic) bond motifs is 1. The predicted octanol–water partition coefficient (Wildman–Crippen LogP) is 3.73. The van der Waals surface area contributed by atoms with Crippen LogP contribution < -0.4 is 4.90 Å². The molecule has 7 heteroatoms. The first-order chi connectivity index (χ1) is 12.7. The second-order valence-corrected chi connectivity index (χ2v) is 8.52. The molecule has 26 heavy (non-hydrogen) atoms. The Morgan fingerprint density at radius 2 is 2.04 bits per heavy atom. The number of anilines is 1. The normalized spacial score (nSPS) is 15.4. The van der Waals surface area contributed by atoms with E-state index in [1.54, 1.807) is 22.7 Å². The van der Waals surface area contributed by atoms with E-state index in [0.717, 1.165) is 60.4 Å². The number of rotatable bonds is 4. The summed E-state index contributed by atoms with van der Waals surface area (Å²) in [6.07, 6.45) is 2.26. The third-order valence-corrected chi connectivity index (χ3v) is 6.73. The minimum atomic E-state index is 0.237. The Morgan fingerprint density at radius 1 is 1.15 bits per heavy atom. The number of aryl methyl sites for hydroxylation is 2. The molecule has 1 saturated heterocycles. The molecule has 5 nitrogen and oxygen atoms in total. The van der Waals surface area contributed by atoms with E-state index in [1.165, 1.54) is 4.70 Å². The van der Waals surface area contributed by atoms with Crippen molar-refractivity contribution in [3.63, 3.8) is 0 Å². The summed E-state index contributed by atoms with van der Waals surface area (Å²) in [7, 11) is 0. The number of carbonyl (C=O) groups is 1. The van der Waals surface area contributed by atoms with Gasteiger partial charge in [0.2, 0.25) is 5.91 Å². The van der Waals surface area contributed by atoms with Crippen molar-refractivity contribution >= 4 is 43.9 Å². The van der Waals surface area contributed by atoms with Gasteiger partial charge in [0.25, 0.3) is 0 Å². The quantitative estimate of drug-likeness (QED) is 0.685. The van der Waals surface area contributed by atoms with Crippen molar-refractivity contribution in [1.29, 1.82) is 0 Å². The highest BCUT2D eigenvalue weighted by atomic mass is 32.1. The van der Waals surface area contributed by atoms with Gasteiger partial charge in [0.1, 0.15) is 0 Å². The number of hydrogen-bond acceptors (Lipinski definition) is 6. The zero-order valence-electron chi connectivity index (χ0n) is 14.9. The summed E-state index contributed by atoms with van der Waals surface area (Å²) in [5, 5.41) is 4.21. The Hall–Kier alpha value is -1.99. The molecule has 0 spiro atoms. The Morgan fingerprint density at radius 3 is 2.85 bits per heavy atom. The highest BCUT2D eigenvalue weighted by Gasteiger charge is 2.20. The van der Waals surface area contributed by atoms with Gasteiger partial charge in [-0.05, 0) is 25.5 Å². The number of aromatic nitrogens is 2. The highest BCUT2D eigenvalue weighted by Crippen LogP contribution is 2.24. The maximum atomic E-state index is 12.7. The standard InChI is InChI=1S/C19H22N4OS2/c1-14-13-25-19(20-14)23-10-4-9-22(11-12-23)18(24)8-7-17-21-15-5-2-3-6-16(15)26-17/h2-3,5-6,13H,4,7-12H2,1H3. The lowest BCUT2D eigenvalue weighted by Gasteiger charge is -2.21. The van der Waals surface area contributed by atoms with Crippen LogP contribution in [0.15, 0.2) is 29.6 Å². The van der Waals surface area contributed by atoms with E-state index in [2.05, 4.69) is 26.3 Å². The molecule has 3 aromatic rings. The highest BCUT2D eigenvalue weighted by molar-refractivity contribution is 7.18. The molecule has 1 aliphatic rings. The summed E-state index contributed by atoms with van der Waals surface area (Å²) < 4.78 is 1.19. The van der Waals surface area contributed by atoms with Crippen LogP contribution in [0.3, 0.4) is 0 Å². The molecular formula is C19H22N4OS2. The molecule has 2 aromatic heterocycles. The van der Waals surface area contributed by atoms with Crippen molar-refractivity contribution in [3.8, 4) is 0 Å². The molecule has 136 valence electrons. The number of benzene rings is 1. The monoisotopic (exact) mass is 386 g/mol. The van der Waals surface area contributed by atoms with E-state index >= 15 is 0 Å². The second kappa shape index (κ2) is 7.72. The van der Waals surface area contributed by atoms with Gasteiger partial charge in [-0.15, -0.1) is 22.7 Å². The van der Waals surface area contributed by atoms with Crippen LogP contribution in [0.25, 0.3) is 10.2 Å². The smallest absolute Gasteiger partial charge is 0.223 e. The van der Waals surface area contributed by atoms with E-state index < -0.39 is 0 Å². The molecule has 3 heterocycles. The minimum absolute atomic E-state index is 0.237. The number of hydrogen-bond donors (Lipinski definition) is 0. The topological polar surface area (TPSA) is 49.3 Å². The maximum absolute atomic E-state index is 12.7. The van der Waals surface area contributed by atoms with E-state index in [4.69, 9.17) is 0 Å². The van der Waals surface area contributed by atoms with Gasteiger partial charge in [-0.25, -0.2) is 9.97 Å². The number of carbonyl (C=O) groups excluding carboxylic acids is 1. The van der Waals surface area contributed by atoms with Crippen LogP contribution in [0, 0.1) is 6.92 Å². The lowest BCUT2D eigenvalue weighted by molar-refractivity contribution is -0.130. The zero-order valence-corrected chi connectivity index (χ0v) is 16.5. The molecule has 1 fully saturated rings. The second-order valence-electron chi connectivity index (χ2n) is 6.57. The van der Waals surface area contributed by atoms with Gasteiger partial charge in [0.15, 0.2) is 5.13 Å². The van der Waals surface area contributed by atoms with E-state index in [1.807, 2.05) is 30.0 Å². The van der Waals surface area contributed by atoms with Gasteiger partial charge in [0.05, 0.1) is 20.9 Å². The molecule has 0 aliphatic carbocycles. The van der Waals surface area contributed by atoms with E-state index in [9.17, 15) is 4.79 Å². The summed E-state index contributed by atoms with van der Waals surface area (Å²) in [5.74, 6) is 0.237. The van der Waals surface area contributed by atoms with Crippen molar-refractivity contribution in [2.75, 3.05) is 31.1 Å². The minimum Gasteiger partial charge on any atom is -0.346 e. The van der Waals surface area contributed by atoms with Crippen LogP contribution in [-0.2, 0) is 11.2 Å². The summed E-state index contributed by atoms with van der Waals surface area (Å²) >= 11 is 3.38. The predicted molar refractivity (Wildman–Crippen MR) is 108 cm³/mol. The average molecular weight is 387 g/mol. The number of amides is 1. The molecular weight excluding hydrogens is 364 g/mol. The molecule has 0 bridgehead atoms. The Labute approximate surface area is 161 Å². The number of nitrogens with zero attached hydrogens (tertiary/aromatic N) is 4. The lowest BCUT2D eigenvalue weighted by Crippen LogP contribution is -2.35. The van der Waals surface area contributed by atoms with Crippen LogP contribution in [0.4, 0.5) is 5.13 Å². The van der Waals surface area contributed by atoms with Gasteiger partial charge in [0, 0.05) is 44.4 Å². The molecule has 1 amide bonds. The molecule has 0 unspecified atom stereocenters. The molecule has 0 saturated carbocycles. The molecule has 0 atom stereocenters. The van der Waals surface area contributed by atoms with Crippen LogP contribution in [0.2, 0.25) is 0 Å². The molecule has 0 radical (unpaired) electrons. The van der Waals surface area contributed by atoms with Crippen LogP contribution in [0.5, 0.6) is 0 Å². The summed E-state index contributed by atoms with van der Waals surface area (Å²) in [6, 6.07) is 8.15. The molecule has 0 N–H and O–H groups in total. The van der Waals surface area contributed by atoms with Crippen molar-refractivity contribution in [2.24, 2.45) is 0 Å². The van der Waals surface area contributed by atoms with Crippen molar-refractivity contribution in [1.82, 2.24) is 14.9 Å². The SMILES string of the molecule is Cc1csc(N2CCCN(C(=O)CCc3nc4ccccc4s3)CC2)n1. The van der Waals surface area contributed by atoms with Crippen LogP contribution in [-0.4, -0.2) is 47.0 Å². The first kappa shape index (κ1) is 17.4. The van der Waals surface area contributed by atoms with Crippen molar-refractivity contribution in [2.45, 2.75) is 26.2 Å². The zero-order chi connectivity index (χ0) is 17.9. The maximum Gasteiger partial charge on any atom is 0.223 e. The van der Waals surface area contributed by atoms with Gasteiger partial charge in [-0.3, -0.25) is 4.79 Å². The van der Waals surface area contributed by atoms with Gasteiger partial charge in [-0.1, -0.05) is 12.1 Å². The Kier molecular flexibility index (Phi) is 5.17. The van der Waals surface area contributed by atoms with Crippen molar-refractivity contribution < 1.29 is 4.79 Å². The van der Waals surface area contributed by atoms with Crippen LogP contribution >= 0.6 is 22.7 Å². The number of para-hydroxylation sites is 1. The fourth-order valence-electron chi connectivity index (χ4n) is 3.24. The van der Waals surface area contributed by atoms with Gasteiger partial charge >= 0.3 is 0 Å². The fourth-order valence-corrected chi connectivity index (χ4v) is 5.07. The third-order valence-electron chi connectivity index (χ3n) is 4.62. The average Bonchev–Trinajstić information content (AvgIpc) is 3.18. The molecule has 4 rings (SSSR count). The summed E-state index contributed by atoms with van der Waals surface area (Å²) in [4.78, 5) is 26.2. The Bertz CT molecular complexity index is 871. The third kappa shape index (κ3) is 3.88. The van der Waals surface area contributed by atoms with Gasteiger partial charge in [-0.2, -0.15) is 0 Å². The number of thiazole rings is 2. The van der Waals surface area contributed by atoms with Crippen LogP contribution in [0.1, 0.15) is 23.5 Å². The molecule has 1 aliphatic heterocycles. The van der Waals surface area contributed by atoms with Crippen molar-refractivity contribution in [3.05, 3.63) is 40.3 Å². The molecule has 1 aromatic carbocycles. The van der Waals surface area contributed by atoms with E-state index in [-0.39, 0.29) is 5.91 Å². The first-order valence-electron chi connectivity index (χ1n) is 8.98.